The molecule has 2 rings (SSSR count). The van der Waals surface area contributed by atoms with Crippen LogP contribution in [0, 0.1) is 10.1 Å². The summed E-state index contributed by atoms with van der Waals surface area (Å²) < 4.78 is 2.49. The average Bonchev–Trinajstić information content (AvgIpc) is 2.77. The Kier molecular flexibility index (Phi) is 4.10. The van der Waals surface area contributed by atoms with Crippen LogP contribution in [-0.4, -0.2) is 26.0 Å². The third-order valence-corrected chi connectivity index (χ3v) is 3.03. The molecule has 100 valence electrons. The smallest absolute Gasteiger partial charge is 0.312 e. The molecule has 2 aromatic heterocycles. The van der Waals surface area contributed by atoms with Crippen LogP contribution in [0.4, 0.5) is 11.5 Å². The molecule has 0 radical (unpaired) electrons. The largest absolute Gasteiger partial charge is 0.364 e. The molecule has 7 nitrogen and oxygen atoms in total. The highest BCUT2D eigenvalue weighted by molar-refractivity contribution is 9.10. The molecule has 19 heavy (non-hydrogen) atoms. The maximum absolute atomic E-state index is 10.9. The van der Waals surface area contributed by atoms with Crippen LogP contribution in [0.5, 0.6) is 0 Å². The number of nitro groups is 1. The molecule has 0 saturated heterocycles. The number of halogens is 1. The van der Waals surface area contributed by atoms with Crippen LogP contribution in [0.1, 0.15) is 5.82 Å². The van der Waals surface area contributed by atoms with E-state index < -0.39 is 4.92 Å². The third kappa shape index (κ3) is 3.28. The highest BCUT2D eigenvalue weighted by atomic mass is 79.9. The molecule has 2 heterocycles. The first-order valence-electron chi connectivity index (χ1n) is 5.58. The lowest BCUT2D eigenvalue weighted by molar-refractivity contribution is -0.384. The Morgan fingerprint density at radius 1 is 1.53 bits per heavy atom. The van der Waals surface area contributed by atoms with Gasteiger partial charge in [-0.1, -0.05) is 0 Å². The van der Waals surface area contributed by atoms with E-state index in [9.17, 15) is 10.1 Å². The van der Waals surface area contributed by atoms with E-state index in [0.717, 1.165) is 5.82 Å². The van der Waals surface area contributed by atoms with Crippen molar-refractivity contribution >= 4 is 27.4 Å². The lowest BCUT2D eigenvalue weighted by Gasteiger charge is -2.06. The maximum Gasteiger partial charge on any atom is 0.312 e. The van der Waals surface area contributed by atoms with E-state index in [2.05, 4.69) is 31.2 Å². The predicted octanol–water partition coefficient (Wildman–Crippen LogP) is 2.14. The van der Waals surface area contributed by atoms with Gasteiger partial charge in [-0.3, -0.25) is 10.1 Å². The first kappa shape index (κ1) is 13.5. The van der Waals surface area contributed by atoms with Crippen molar-refractivity contribution in [2.75, 3.05) is 11.9 Å². The van der Waals surface area contributed by atoms with Gasteiger partial charge in [-0.25, -0.2) is 9.97 Å². The molecular weight excluding hydrogens is 314 g/mol. The summed E-state index contributed by atoms with van der Waals surface area (Å²) in [5, 5.41) is 13.9. The molecule has 0 bridgehead atoms. The molecule has 0 aromatic carbocycles. The molecule has 0 amide bonds. The molecule has 8 heteroatoms. The Labute approximate surface area is 118 Å². The number of rotatable bonds is 5. The zero-order valence-corrected chi connectivity index (χ0v) is 11.8. The summed E-state index contributed by atoms with van der Waals surface area (Å²) in [5.74, 6) is 1.18. The Bertz CT molecular complexity index is 599. The summed E-state index contributed by atoms with van der Waals surface area (Å²) in [7, 11) is 1.91. The van der Waals surface area contributed by atoms with Gasteiger partial charge in [-0.15, -0.1) is 0 Å². The fourth-order valence-electron chi connectivity index (χ4n) is 1.63. The van der Waals surface area contributed by atoms with Crippen LogP contribution in [-0.2, 0) is 13.5 Å². The van der Waals surface area contributed by atoms with Gasteiger partial charge in [-0.2, -0.15) is 0 Å². The number of aromatic nitrogens is 3. The molecule has 2 aromatic rings. The molecular formula is C11H12BrN5O2. The highest BCUT2D eigenvalue weighted by Gasteiger charge is 2.15. The van der Waals surface area contributed by atoms with E-state index in [1.807, 2.05) is 17.8 Å². The van der Waals surface area contributed by atoms with Gasteiger partial charge in [0.2, 0.25) is 5.82 Å². The molecule has 0 spiro atoms. The normalized spacial score (nSPS) is 10.4. The molecule has 1 N–H and O–H groups in total. The van der Waals surface area contributed by atoms with Crippen molar-refractivity contribution < 1.29 is 4.92 Å². The van der Waals surface area contributed by atoms with Gasteiger partial charge in [-0.05, 0) is 15.9 Å². The van der Waals surface area contributed by atoms with Crippen LogP contribution in [0.25, 0.3) is 0 Å². The Hall–Kier alpha value is -1.96. The molecule has 0 unspecified atom stereocenters. The number of nitrogens with one attached hydrogen (secondary N) is 1. The molecule has 0 aliphatic rings. The fraction of sp³-hybridized carbons (Fsp3) is 0.273. The van der Waals surface area contributed by atoms with Crippen molar-refractivity contribution in [1.29, 1.82) is 0 Å². The van der Waals surface area contributed by atoms with Crippen molar-refractivity contribution in [3.63, 3.8) is 0 Å². The predicted molar refractivity (Wildman–Crippen MR) is 74.0 cm³/mol. The van der Waals surface area contributed by atoms with E-state index in [0.29, 0.717) is 17.4 Å². The lowest BCUT2D eigenvalue weighted by atomic mass is 10.3. The fourth-order valence-corrected chi connectivity index (χ4v) is 1.95. The van der Waals surface area contributed by atoms with E-state index in [4.69, 9.17) is 0 Å². The van der Waals surface area contributed by atoms with Gasteiger partial charge < -0.3 is 9.88 Å². The summed E-state index contributed by atoms with van der Waals surface area (Å²) >= 11 is 3.17. The maximum atomic E-state index is 10.9. The molecule has 0 aliphatic heterocycles. The molecule has 0 fully saturated rings. The Balaban J connectivity index is 2.03. The second-order valence-corrected chi connectivity index (χ2v) is 4.83. The van der Waals surface area contributed by atoms with Crippen LogP contribution in [0.3, 0.4) is 0 Å². The number of imidazole rings is 1. The Morgan fingerprint density at radius 2 is 2.32 bits per heavy atom. The topological polar surface area (TPSA) is 85.9 Å². The van der Waals surface area contributed by atoms with Gasteiger partial charge in [0.25, 0.3) is 0 Å². The second kappa shape index (κ2) is 5.79. The number of hydrogen-bond acceptors (Lipinski definition) is 5. The van der Waals surface area contributed by atoms with Crippen molar-refractivity contribution in [3.8, 4) is 0 Å². The molecule has 0 saturated carbocycles. The van der Waals surface area contributed by atoms with Gasteiger partial charge in [0.15, 0.2) is 0 Å². The number of nitrogens with zero attached hydrogens (tertiary/aromatic N) is 4. The van der Waals surface area contributed by atoms with E-state index in [-0.39, 0.29) is 11.5 Å². The van der Waals surface area contributed by atoms with Gasteiger partial charge in [0.05, 0.1) is 4.92 Å². The summed E-state index contributed by atoms with van der Waals surface area (Å²) in [6.45, 7) is 0.528. The minimum atomic E-state index is -0.457. The lowest BCUT2D eigenvalue weighted by Crippen LogP contribution is -2.11. The van der Waals surface area contributed by atoms with E-state index >= 15 is 0 Å². The number of anilines is 1. The standard InChI is InChI=1S/C11H12BrN5O2/c1-16-5-4-13-10(16)2-3-14-11-9(17(18)19)6-8(12)7-15-11/h4-7H,2-3H2,1H3,(H,14,15). The minimum Gasteiger partial charge on any atom is -0.364 e. The van der Waals surface area contributed by atoms with Gasteiger partial charge in [0, 0.05) is 49.1 Å². The first-order chi connectivity index (χ1) is 9.08. The molecule has 0 atom stereocenters. The molecule has 0 aliphatic carbocycles. The number of hydrogen-bond donors (Lipinski definition) is 1. The Morgan fingerprint density at radius 3 is 2.95 bits per heavy atom. The van der Waals surface area contributed by atoms with E-state index in [1.165, 1.54) is 12.3 Å². The van der Waals surface area contributed by atoms with Gasteiger partial charge in [0.1, 0.15) is 5.82 Å². The summed E-state index contributed by atoms with van der Waals surface area (Å²) in [5.41, 5.74) is -0.0470. The third-order valence-electron chi connectivity index (χ3n) is 2.59. The average molecular weight is 326 g/mol. The van der Waals surface area contributed by atoms with Gasteiger partial charge >= 0.3 is 5.69 Å². The summed E-state index contributed by atoms with van der Waals surface area (Å²) in [4.78, 5) is 18.6. The summed E-state index contributed by atoms with van der Waals surface area (Å²) in [6, 6.07) is 1.43. The van der Waals surface area contributed by atoms with Crippen LogP contribution >= 0.6 is 15.9 Å². The summed E-state index contributed by atoms with van der Waals surface area (Å²) in [6.07, 6.45) is 5.76. The SMILES string of the molecule is Cn1ccnc1CCNc1ncc(Br)cc1[N+](=O)[O-]. The minimum absolute atomic E-state index is 0.0470. The zero-order chi connectivity index (χ0) is 13.8. The van der Waals surface area contributed by atoms with Crippen molar-refractivity contribution in [2.45, 2.75) is 6.42 Å². The van der Waals surface area contributed by atoms with Crippen molar-refractivity contribution in [1.82, 2.24) is 14.5 Å². The van der Waals surface area contributed by atoms with Crippen molar-refractivity contribution in [3.05, 3.63) is 45.1 Å². The van der Waals surface area contributed by atoms with E-state index in [1.54, 1.807) is 6.20 Å². The van der Waals surface area contributed by atoms with Crippen LogP contribution in [0.15, 0.2) is 29.1 Å². The van der Waals surface area contributed by atoms with Crippen LogP contribution in [0.2, 0.25) is 0 Å². The monoisotopic (exact) mass is 325 g/mol. The van der Waals surface area contributed by atoms with Crippen molar-refractivity contribution in [2.24, 2.45) is 7.05 Å². The quantitative estimate of drug-likeness (QED) is 0.672. The zero-order valence-electron chi connectivity index (χ0n) is 10.2. The second-order valence-electron chi connectivity index (χ2n) is 3.91. The number of aryl methyl sites for hydroxylation is 1. The first-order valence-corrected chi connectivity index (χ1v) is 6.37. The van der Waals surface area contributed by atoms with Crippen LogP contribution < -0.4 is 5.32 Å². The number of pyridine rings is 1. The highest BCUT2D eigenvalue weighted by Crippen LogP contribution is 2.25.